The van der Waals surface area contributed by atoms with Crippen LogP contribution in [0.5, 0.6) is 5.75 Å². The summed E-state index contributed by atoms with van der Waals surface area (Å²) in [6.45, 7) is 0.476. The topological polar surface area (TPSA) is 85.1 Å². The van der Waals surface area contributed by atoms with Gasteiger partial charge in [-0.1, -0.05) is 12.1 Å². The summed E-state index contributed by atoms with van der Waals surface area (Å²) in [6, 6.07) is 13.7. The number of nitrogen functional groups attached to an aromatic ring is 1. The Morgan fingerprint density at radius 2 is 1.68 bits per heavy atom. The molecule has 0 atom stereocenters. The number of nitrogens with zero attached hydrogens (tertiary/aromatic N) is 2. The third-order valence-electron chi connectivity index (χ3n) is 3.61. The summed E-state index contributed by atoms with van der Waals surface area (Å²) >= 11 is 0. The van der Waals surface area contributed by atoms with Gasteiger partial charge in [0.2, 0.25) is 0 Å². The number of anilines is 4. The summed E-state index contributed by atoms with van der Waals surface area (Å²) < 4.78 is 18.1. The van der Waals surface area contributed by atoms with Gasteiger partial charge in [0, 0.05) is 12.2 Å². The van der Waals surface area contributed by atoms with Crippen LogP contribution in [-0.4, -0.2) is 17.1 Å². The number of halogens is 1. The maximum Gasteiger partial charge on any atom is 0.159 e. The first-order valence-corrected chi connectivity index (χ1v) is 7.65. The maximum absolute atomic E-state index is 12.9. The molecule has 0 spiro atoms. The zero-order chi connectivity index (χ0) is 17.6. The molecule has 0 aliphatic rings. The summed E-state index contributed by atoms with van der Waals surface area (Å²) in [6.07, 6.45) is 1.43. The molecule has 1 aromatic heterocycles. The first kappa shape index (κ1) is 16.5. The Kier molecular flexibility index (Phi) is 4.94. The number of ether oxygens (including phenoxy) is 1. The third-order valence-corrected chi connectivity index (χ3v) is 3.61. The van der Waals surface area contributed by atoms with Crippen molar-refractivity contribution in [3.8, 4) is 5.75 Å². The number of nitrogens with one attached hydrogen (secondary N) is 2. The van der Waals surface area contributed by atoms with Crippen molar-refractivity contribution in [2.45, 2.75) is 6.54 Å². The van der Waals surface area contributed by atoms with Gasteiger partial charge in [-0.3, -0.25) is 0 Å². The number of rotatable bonds is 6. The van der Waals surface area contributed by atoms with Crippen LogP contribution in [0.4, 0.5) is 27.4 Å². The van der Waals surface area contributed by atoms with Crippen molar-refractivity contribution < 1.29 is 9.13 Å². The molecule has 0 aliphatic heterocycles. The van der Waals surface area contributed by atoms with E-state index in [1.807, 2.05) is 24.3 Å². The van der Waals surface area contributed by atoms with Crippen molar-refractivity contribution in [1.29, 1.82) is 0 Å². The molecular formula is C18H18FN5O. The minimum absolute atomic E-state index is 0.267. The smallest absolute Gasteiger partial charge is 0.159 e. The fraction of sp³-hybridized carbons (Fsp3) is 0.111. The summed E-state index contributed by atoms with van der Waals surface area (Å²) in [5.41, 5.74) is 8.29. The van der Waals surface area contributed by atoms with Gasteiger partial charge in [0.15, 0.2) is 11.6 Å². The molecule has 2 aromatic carbocycles. The molecule has 0 bridgehead atoms. The van der Waals surface area contributed by atoms with Gasteiger partial charge in [0.25, 0.3) is 0 Å². The van der Waals surface area contributed by atoms with Gasteiger partial charge in [-0.15, -0.1) is 0 Å². The molecular weight excluding hydrogens is 321 g/mol. The van der Waals surface area contributed by atoms with Crippen LogP contribution in [0.15, 0.2) is 54.9 Å². The SMILES string of the molecule is COc1ccc(Nc2ncnc(NCc3ccc(F)cc3)c2N)cc1. The lowest BCUT2D eigenvalue weighted by Crippen LogP contribution is -2.08. The Morgan fingerprint density at radius 1 is 1.00 bits per heavy atom. The summed E-state index contributed by atoms with van der Waals surface area (Å²) in [7, 11) is 1.61. The van der Waals surface area contributed by atoms with E-state index in [2.05, 4.69) is 20.6 Å². The number of nitrogens with two attached hydrogens (primary N) is 1. The summed E-state index contributed by atoms with van der Waals surface area (Å²) in [5, 5.41) is 6.28. The fourth-order valence-electron chi connectivity index (χ4n) is 2.24. The van der Waals surface area contributed by atoms with Crippen molar-refractivity contribution in [3.63, 3.8) is 0 Å². The Hall–Kier alpha value is -3.35. The Morgan fingerprint density at radius 3 is 2.36 bits per heavy atom. The van der Waals surface area contributed by atoms with Gasteiger partial charge >= 0.3 is 0 Å². The second kappa shape index (κ2) is 7.48. The molecule has 1 heterocycles. The van der Waals surface area contributed by atoms with Crippen LogP contribution in [0.1, 0.15) is 5.56 Å². The van der Waals surface area contributed by atoms with Crippen LogP contribution < -0.4 is 21.1 Å². The lowest BCUT2D eigenvalue weighted by molar-refractivity contribution is 0.415. The monoisotopic (exact) mass is 339 g/mol. The number of hydrogen-bond donors (Lipinski definition) is 3. The first-order valence-electron chi connectivity index (χ1n) is 7.65. The van der Waals surface area contributed by atoms with Gasteiger partial charge in [0.1, 0.15) is 23.6 Å². The van der Waals surface area contributed by atoms with Gasteiger partial charge in [-0.05, 0) is 42.0 Å². The fourth-order valence-corrected chi connectivity index (χ4v) is 2.24. The Balaban J connectivity index is 1.71. The van der Waals surface area contributed by atoms with Crippen molar-refractivity contribution in [2.24, 2.45) is 0 Å². The van der Waals surface area contributed by atoms with Crippen molar-refractivity contribution >= 4 is 23.0 Å². The number of benzene rings is 2. The lowest BCUT2D eigenvalue weighted by atomic mass is 10.2. The highest BCUT2D eigenvalue weighted by Gasteiger charge is 2.08. The molecule has 0 saturated carbocycles. The average molecular weight is 339 g/mol. The normalized spacial score (nSPS) is 10.3. The summed E-state index contributed by atoms with van der Waals surface area (Å²) in [5.74, 6) is 1.51. The van der Waals surface area contributed by atoms with E-state index in [0.717, 1.165) is 17.0 Å². The molecule has 0 aliphatic carbocycles. The van der Waals surface area contributed by atoms with Crippen molar-refractivity contribution in [2.75, 3.05) is 23.5 Å². The molecule has 128 valence electrons. The highest BCUT2D eigenvalue weighted by molar-refractivity contribution is 5.77. The van der Waals surface area contributed by atoms with Gasteiger partial charge < -0.3 is 21.1 Å². The molecule has 3 aromatic rings. The molecule has 0 fully saturated rings. The number of aromatic nitrogens is 2. The molecule has 3 rings (SSSR count). The maximum atomic E-state index is 12.9. The van der Waals surface area contributed by atoms with E-state index in [9.17, 15) is 4.39 Å². The third kappa shape index (κ3) is 4.14. The zero-order valence-electron chi connectivity index (χ0n) is 13.7. The predicted molar refractivity (Wildman–Crippen MR) is 96.4 cm³/mol. The lowest BCUT2D eigenvalue weighted by Gasteiger charge is -2.13. The molecule has 6 nitrogen and oxygen atoms in total. The van der Waals surface area contributed by atoms with E-state index in [-0.39, 0.29) is 5.82 Å². The quantitative estimate of drug-likeness (QED) is 0.637. The largest absolute Gasteiger partial charge is 0.497 e. The van der Waals surface area contributed by atoms with E-state index >= 15 is 0 Å². The van der Waals surface area contributed by atoms with E-state index < -0.39 is 0 Å². The molecule has 0 unspecified atom stereocenters. The van der Waals surface area contributed by atoms with E-state index in [1.165, 1.54) is 18.5 Å². The first-order chi connectivity index (χ1) is 12.2. The van der Waals surface area contributed by atoms with Gasteiger partial charge in [-0.2, -0.15) is 0 Å². The van der Waals surface area contributed by atoms with Crippen LogP contribution in [-0.2, 0) is 6.54 Å². The minimum atomic E-state index is -0.267. The van der Waals surface area contributed by atoms with Crippen LogP contribution in [0.25, 0.3) is 0 Å². The van der Waals surface area contributed by atoms with E-state index in [1.54, 1.807) is 19.2 Å². The molecule has 0 radical (unpaired) electrons. The predicted octanol–water partition coefficient (Wildman–Crippen LogP) is 3.56. The number of methoxy groups -OCH3 is 1. The molecule has 0 saturated heterocycles. The molecule has 0 amide bonds. The zero-order valence-corrected chi connectivity index (χ0v) is 13.7. The second-order valence-corrected chi connectivity index (χ2v) is 5.32. The molecule has 4 N–H and O–H groups in total. The van der Waals surface area contributed by atoms with Gasteiger partial charge in [-0.25, -0.2) is 14.4 Å². The van der Waals surface area contributed by atoms with E-state index in [4.69, 9.17) is 10.5 Å². The summed E-state index contributed by atoms with van der Waals surface area (Å²) in [4.78, 5) is 8.33. The average Bonchev–Trinajstić information content (AvgIpc) is 2.64. The Labute approximate surface area is 144 Å². The van der Waals surface area contributed by atoms with Crippen molar-refractivity contribution in [1.82, 2.24) is 9.97 Å². The standard InChI is InChI=1S/C18H18FN5O/c1-25-15-8-6-14(7-9-15)24-18-16(20)17(22-11-23-18)21-10-12-2-4-13(19)5-3-12/h2-9,11H,10,20H2,1H3,(H2,21,22,23,24). The molecule has 7 heteroatoms. The van der Waals surface area contributed by atoms with Crippen LogP contribution in [0, 0.1) is 5.82 Å². The van der Waals surface area contributed by atoms with Gasteiger partial charge in [0.05, 0.1) is 7.11 Å². The minimum Gasteiger partial charge on any atom is -0.497 e. The van der Waals surface area contributed by atoms with Crippen LogP contribution >= 0.6 is 0 Å². The van der Waals surface area contributed by atoms with Crippen molar-refractivity contribution in [3.05, 3.63) is 66.2 Å². The highest BCUT2D eigenvalue weighted by Crippen LogP contribution is 2.27. The molecule has 25 heavy (non-hydrogen) atoms. The number of hydrogen-bond acceptors (Lipinski definition) is 6. The highest BCUT2D eigenvalue weighted by atomic mass is 19.1. The second-order valence-electron chi connectivity index (χ2n) is 5.32. The van der Waals surface area contributed by atoms with Crippen LogP contribution in [0.2, 0.25) is 0 Å². The van der Waals surface area contributed by atoms with Crippen LogP contribution in [0.3, 0.4) is 0 Å². The van der Waals surface area contributed by atoms with E-state index in [0.29, 0.717) is 23.9 Å². The Bertz CT molecular complexity index is 837.